The molecule has 0 saturated carbocycles. The summed E-state index contributed by atoms with van der Waals surface area (Å²) in [5.41, 5.74) is 0.305. The Morgan fingerprint density at radius 3 is 2.40 bits per heavy atom. The molecule has 0 amide bonds. The molecule has 1 heterocycles. The topological polar surface area (TPSA) is 83.0 Å². The Labute approximate surface area is 170 Å². The Balaban J connectivity index is 0.00000576. The van der Waals surface area contributed by atoms with Crippen molar-refractivity contribution in [2.75, 3.05) is 45.6 Å². The molecule has 0 aromatic carbocycles. The molecule has 0 aromatic heterocycles. The summed E-state index contributed by atoms with van der Waals surface area (Å²) < 4.78 is 31.2. The molecule has 0 radical (unpaired) electrons. The molecule has 0 aliphatic carbocycles. The van der Waals surface area contributed by atoms with Gasteiger partial charge in [-0.05, 0) is 25.2 Å². The van der Waals surface area contributed by atoms with Crippen LogP contribution >= 0.6 is 24.0 Å². The van der Waals surface area contributed by atoms with Crippen LogP contribution in [0.2, 0.25) is 0 Å². The number of hydrogen-bond donors (Lipinski definition) is 2. The van der Waals surface area contributed by atoms with Crippen molar-refractivity contribution in [3.63, 3.8) is 0 Å². The van der Waals surface area contributed by atoms with Gasteiger partial charge in [0.1, 0.15) is 0 Å². The molecule has 150 valence electrons. The van der Waals surface area contributed by atoms with Crippen molar-refractivity contribution in [1.29, 1.82) is 0 Å². The number of guanidine groups is 1. The third-order valence-electron chi connectivity index (χ3n) is 3.95. The fraction of sp³-hybridized carbons (Fsp3) is 0.938. The maximum absolute atomic E-state index is 12.3. The minimum Gasteiger partial charge on any atom is -0.379 e. The fourth-order valence-electron chi connectivity index (χ4n) is 2.40. The van der Waals surface area contributed by atoms with Gasteiger partial charge < -0.3 is 15.4 Å². The highest BCUT2D eigenvalue weighted by Gasteiger charge is 2.23. The van der Waals surface area contributed by atoms with Crippen molar-refractivity contribution >= 4 is 40.0 Å². The minimum absolute atomic E-state index is 0. The van der Waals surface area contributed by atoms with Gasteiger partial charge in [-0.3, -0.25) is 4.99 Å². The van der Waals surface area contributed by atoms with Crippen LogP contribution in [0.25, 0.3) is 0 Å². The van der Waals surface area contributed by atoms with Crippen molar-refractivity contribution in [3.05, 3.63) is 0 Å². The lowest BCUT2D eigenvalue weighted by Crippen LogP contribution is -2.46. The predicted molar refractivity (Wildman–Crippen MR) is 114 cm³/mol. The number of aliphatic imine (C=N–C) groups is 1. The third kappa shape index (κ3) is 10.6. The van der Waals surface area contributed by atoms with Crippen molar-refractivity contribution in [3.8, 4) is 0 Å². The van der Waals surface area contributed by atoms with Crippen LogP contribution in [0.5, 0.6) is 0 Å². The number of nitrogens with zero attached hydrogens (tertiary/aromatic N) is 2. The first-order valence-corrected chi connectivity index (χ1v) is 10.3. The van der Waals surface area contributed by atoms with Gasteiger partial charge in [-0.1, -0.05) is 20.8 Å². The van der Waals surface area contributed by atoms with E-state index in [1.54, 1.807) is 7.05 Å². The lowest BCUT2D eigenvalue weighted by Gasteiger charge is -2.26. The number of ether oxygens (including phenoxy) is 1. The molecule has 25 heavy (non-hydrogen) atoms. The van der Waals surface area contributed by atoms with Crippen LogP contribution in [0.3, 0.4) is 0 Å². The number of nitrogens with one attached hydrogen (secondary N) is 2. The maximum Gasteiger partial charge on any atom is 0.215 e. The van der Waals surface area contributed by atoms with E-state index in [1.807, 2.05) is 0 Å². The van der Waals surface area contributed by atoms with E-state index in [9.17, 15) is 8.42 Å². The number of rotatable bonds is 7. The zero-order chi connectivity index (χ0) is 18.2. The molecule has 1 atom stereocenters. The Morgan fingerprint density at radius 1 is 1.28 bits per heavy atom. The van der Waals surface area contributed by atoms with Crippen molar-refractivity contribution in [2.45, 2.75) is 46.6 Å². The maximum atomic E-state index is 12.3. The van der Waals surface area contributed by atoms with E-state index < -0.39 is 10.0 Å². The zero-order valence-electron chi connectivity index (χ0n) is 16.2. The van der Waals surface area contributed by atoms with E-state index in [0.29, 0.717) is 44.2 Å². The first-order valence-electron chi connectivity index (χ1n) is 8.67. The number of hydrogen-bond acceptors (Lipinski definition) is 4. The fourth-order valence-corrected chi connectivity index (χ4v) is 3.73. The quantitative estimate of drug-likeness (QED) is 0.322. The molecule has 1 unspecified atom stereocenters. The smallest absolute Gasteiger partial charge is 0.215 e. The number of morpholine rings is 1. The Morgan fingerprint density at radius 2 is 1.88 bits per heavy atom. The molecule has 1 aliphatic rings. The first-order chi connectivity index (χ1) is 11.1. The van der Waals surface area contributed by atoms with E-state index >= 15 is 0 Å². The van der Waals surface area contributed by atoms with Crippen LogP contribution in [0.1, 0.15) is 40.5 Å². The van der Waals surface area contributed by atoms with Crippen LogP contribution in [-0.4, -0.2) is 70.4 Å². The second-order valence-corrected chi connectivity index (χ2v) is 9.56. The van der Waals surface area contributed by atoms with Crippen LogP contribution in [0, 0.1) is 5.41 Å². The van der Waals surface area contributed by atoms with Crippen LogP contribution < -0.4 is 10.6 Å². The molecule has 9 heteroatoms. The standard InChI is InChI=1S/C16H34N4O3S.HI/c1-14(6-7-16(2,3)4)19-15(17-5)18-8-13-24(21,22)20-9-11-23-12-10-20;/h14H,6-13H2,1-5H3,(H2,17,18,19);1H. The molecule has 1 aliphatic heterocycles. The molecule has 7 nitrogen and oxygen atoms in total. The highest BCUT2D eigenvalue weighted by Crippen LogP contribution is 2.21. The second-order valence-electron chi connectivity index (χ2n) is 7.47. The monoisotopic (exact) mass is 490 g/mol. The van der Waals surface area contributed by atoms with Crippen LogP contribution in [0.4, 0.5) is 0 Å². The van der Waals surface area contributed by atoms with Gasteiger partial charge in [0.15, 0.2) is 5.96 Å². The average molecular weight is 490 g/mol. The van der Waals surface area contributed by atoms with Crippen LogP contribution in [-0.2, 0) is 14.8 Å². The predicted octanol–water partition coefficient (Wildman–Crippen LogP) is 1.65. The van der Waals surface area contributed by atoms with Gasteiger partial charge in [0.25, 0.3) is 0 Å². The molecule has 0 aromatic rings. The minimum atomic E-state index is -3.24. The summed E-state index contributed by atoms with van der Waals surface area (Å²) in [6.07, 6.45) is 2.15. The summed E-state index contributed by atoms with van der Waals surface area (Å²) in [7, 11) is -1.54. The summed E-state index contributed by atoms with van der Waals surface area (Å²) in [6.45, 7) is 11.0. The van der Waals surface area contributed by atoms with Crippen molar-refractivity contribution in [1.82, 2.24) is 14.9 Å². The van der Waals surface area contributed by atoms with Gasteiger partial charge in [-0.25, -0.2) is 8.42 Å². The largest absolute Gasteiger partial charge is 0.379 e. The lowest BCUT2D eigenvalue weighted by atomic mass is 9.89. The van der Waals surface area contributed by atoms with E-state index in [2.05, 4.69) is 43.3 Å². The molecule has 1 rings (SSSR count). The number of halogens is 1. The second kappa shape index (κ2) is 11.6. The Kier molecular flexibility index (Phi) is 11.5. The summed E-state index contributed by atoms with van der Waals surface area (Å²) in [4.78, 5) is 4.17. The summed E-state index contributed by atoms with van der Waals surface area (Å²) in [5.74, 6) is 0.706. The van der Waals surface area contributed by atoms with Crippen molar-refractivity contribution in [2.24, 2.45) is 10.4 Å². The van der Waals surface area contributed by atoms with Crippen molar-refractivity contribution < 1.29 is 13.2 Å². The van der Waals surface area contributed by atoms with Gasteiger partial charge in [-0.15, -0.1) is 24.0 Å². The lowest BCUT2D eigenvalue weighted by molar-refractivity contribution is 0.0730. The highest BCUT2D eigenvalue weighted by atomic mass is 127. The molecule has 0 spiro atoms. The van der Waals surface area contributed by atoms with Crippen LogP contribution in [0.15, 0.2) is 4.99 Å². The van der Waals surface area contributed by atoms with Gasteiger partial charge in [0.2, 0.25) is 10.0 Å². The van der Waals surface area contributed by atoms with Gasteiger partial charge in [0.05, 0.1) is 19.0 Å². The van der Waals surface area contributed by atoms with E-state index in [1.165, 1.54) is 4.31 Å². The number of sulfonamides is 1. The Bertz CT molecular complexity index is 500. The molecule has 2 N–H and O–H groups in total. The SMILES string of the molecule is CN=C(NCCS(=O)(=O)N1CCOCC1)NC(C)CCC(C)(C)C.I. The molecular formula is C16H35IN4O3S. The van der Waals surface area contributed by atoms with Gasteiger partial charge in [-0.2, -0.15) is 4.31 Å². The third-order valence-corrected chi connectivity index (χ3v) is 5.82. The van der Waals surface area contributed by atoms with E-state index in [4.69, 9.17) is 4.74 Å². The first kappa shape index (κ1) is 24.9. The molecule has 1 fully saturated rings. The van der Waals surface area contributed by atoms with Gasteiger partial charge >= 0.3 is 0 Å². The molecular weight excluding hydrogens is 455 g/mol. The summed E-state index contributed by atoms with van der Waals surface area (Å²) >= 11 is 0. The average Bonchev–Trinajstić information content (AvgIpc) is 2.52. The Hall–Kier alpha value is -0.130. The van der Waals surface area contributed by atoms with E-state index in [-0.39, 0.29) is 35.8 Å². The summed E-state index contributed by atoms with van der Waals surface area (Å²) in [6, 6.07) is 0.284. The molecule has 0 bridgehead atoms. The molecule has 1 saturated heterocycles. The highest BCUT2D eigenvalue weighted by molar-refractivity contribution is 14.0. The van der Waals surface area contributed by atoms with E-state index in [0.717, 1.165) is 12.8 Å². The van der Waals surface area contributed by atoms with Gasteiger partial charge in [0, 0.05) is 32.7 Å². The summed E-state index contributed by atoms with van der Waals surface area (Å²) in [5, 5.41) is 6.41. The normalized spacial score (nSPS) is 18.4. The zero-order valence-corrected chi connectivity index (χ0v) is 19.3.